The van der Waals surface area contributed by atoms with Crippen molar-refractivity contribution in [2.75, 3.05) is 11.9 Å². The van der Waals surface area contributed by atoms with Crippen LogP contribution in [0, 0.1) is 0 Å². The minimum atomic E-state index is 0.847. The van der Waals surface area contributed by atoms with E-state index in [1.54, 1.807) is 0 Å². The summed E-state index contributed by atoms with van der Waals surface area (Å²) >= 11 is 0. The summed E-state index contributed by atoms with van der Waals surface area (Å²) in [6, 6.07) is 10.2. The highest BCUT2D eigenvalue weighted by molar-refractivity contribution is 5.68. The normalized spacial score (nSPS) is 14.4. The van der Waals surface area contributed by atoms with Crippen molar-refractivity contribution in [3.05, 3.63) is 35.9 Å². The third-order valence-corrected chi connectivity index (χ3v) is 2.72. The van der Waals surface area contributed by atoms with Crippen LogP contribution in [0.25, 0.3) is 11.3 Å². The van der Waals surface area contributed by atoms with Crippen LogP contribution in [0.1, 0.15) is 12.0 Å². The van der Waals surface area contributed by atoms with E-state index in [0.29, 0.717) is 0 Å². The van der Waals surface area contributed by atoms with E-state index in [2.05, 4.69) is 22.6 Å². The van der Waals surface area contributed by atoms with E-state index < -0.39 is 0 Å². The molecule has 1 aliphatic rings. The van der Waals surface area contributed by atoms with Gasteiger partial charge in [0.1, 0.15) is 5.69 Å². The van der Waals surface area contributed by atoms with Crippen molar-refractivity contribution in [2.24, 2.45) is 0 Å². The SMILES string of the molecule is c1ccc(-c2noc3c2CCCN3)cc1. The smallest absolute Gasteiger partial charge is 0.228 e. The van der Waals surface area contributed by atoms with Gasteiger partial charge in [0.05, 0.1) is 0 Å². The zero-order chi connectivity index (χ0) is 10.1. The van der Waals surface area contributed by atoms with Gasteiger partial charge in [-0.15, -0.1) is 0 Å². The molecule has 0 spiro atoms. The number of hydrogen-bond donors (Lipinski definition) is 1. The molecule has 0 fully saturated rings. The molecular formula is C12H12N2O. The minimum Gasteiger partial charge on any atom is -0.354 e. The Kier molecular flexibility index (Phi) is 1.95. The lowest BCUT2D eigenvalue weighted by Gasteiger charge is -2.11. The zero-order valence-electron chi connectivity index (χ0n) is 8.36. The van der Waals surface area contributed by atoms with Crippen molar-refractivity contribution in [3.8, 4) is 11.3 Å². The summed E-state index contributed by atoms with van der Waals surface area (Å²) in [5.74, 6) is 0.847. The fourth-order valence-electron chi connectivity index (χ4n) is 1.97. The molecule has 0 aliphatic carbocycles. The molecular weight excluding hydrogens is 188 g/mol. The molecule has 3 heteroatoms. The summed E-state index contributed by atoms with van der Waals surface area (Å²) in [4.78, 5) is 0. The first-order valence-corrected chi connectivity index (χ1v) is 5.23. The Bertz CT molecular complexity index is 462. The molecule has 0 bridgehead atoms. The molecule has 15 heavy (non-hydrogen) atoms. The fraction of sp³-hybridized carbons (Fsp3) is 0.250. The van der Waals surface area contributed by atoms with Crippen LogP contribution in [-0.4, -0.2) is 11.7 Å². The minimum absolute atomic E-state index is 0.847. The molecule has 3 rings (SSSR count). The van der Waals surface area contributed by atoms with Crippen molar-refractivity contribution in [3.63, 3.8) is 0 Å². The van der Waals surface area contributed by atoms with Crippen molar-refractivity contribution in [1.29, 1.82) is 0 Å². The monoisotopic (exact) mass is 200 g/mol. The Balaban J connectivity index is 2.09. The molecule has 0 saturated carbocycles. The molecule has 76 valence electrons. The van der Waals surface area contributed by atoms with Crippen LogP contribution < -0.4 is 5.32 Å². The summed E-state index contributed by atoms with van der Waals surface area (Å²) < 4.78 is 5.28. The third-order valence-electron chi connectivity index (χ3n) is 2.72. The van der Waals surface area contributed by atoms with Crippen molar-refractivity contribution in [2.45, 2.75) is 12.8 Å². The van der Waals surface area contributed by atoms with Gasteiger partial charge < -0.3 is 9.84 Å². The number of fused-ring (bicyclic) bond motifs is 1. The average Bonchev–Trinajstić information content (AvgIpc) is 2.74. The van der Waals surface area contributed by atoms with E-state index in [4.69, 9.17) is 4.52 Å². The van der Waals surface area contributed by atoms with Gasteiger partial charge in [-0.1, -0.05) is 35.5 Å². The summed E-state index contributed by atoms with van der Waals surface area (Å²) in [6.45, 7) is 0.983. The van der Waals surface area contributed by atoms with E-state index in [0.717, 1.165) is 36.5 Å². The van der Waals surface area contributed by atoms with Crippen LogP contribution in [0.5, 0.6) is 0 Å². The van der Waals surface area contributed by atoms with Crippen LogP contribution in [0.3, 0.4) is 0 Å². The number of anilines is 1. The first kappa shape index (κ1) is 8.53. The van der Waals surface area contributed by atoms with E-state index in [1.807, 2.05) is 18.2 Å². The number of benzene rings is 1. The number of nitrogens with one attached hydrogen (secondary N) is 1. The maximum Gasteiger partial charge on any atom is 0.228 e. The zero-order valence-corrected chi connectivity index (χ0v) is 8.36. The van der Waals surface area contributed by atoms with Crippen molar-refractivity contribution < 1.29 is 4.52 Å². The van der Waals surface area contributed by atoms with E-state index in [-0.39, 0.29) is 0 Å². The van der Waals surface area contributed by atoms with Gasteiger partial charge in [0, 0.05) is 17.7 Å². The van der Waals surface area contributed by atoms with Crippen molar-refractivity contribution in [1.82, 2.24) is 5.16 Å². The molecule has 1 aromatic carbocycles. The van der Waals surface area contributed by atoms with Gasteiger partial charge in [0.15, 0.2) is 0 Å². The van der Waals surface area contributed by atoms with Crippen LogP contribution >= 0.6 is 0 Å². The van der Waals surface area contributed by atoms with E-state index in [1.165, 1.54) is 5.56 Å². The second kappa shape index (κ2) is 3.42. The van der Waals surface area contributed by atoms with Gasteiger partial charge in [-0.05, 0) is 12.8 Å². The molecule has 1 N–H and O–H groups in total. The van der Waals surface area contributed by atoms with Crippen LogP contribution in [0.15, 0.2) is 34.9 Å². The predicted octanol–water partition coefficient (Wildman–Crippen LogP) is 2.70. The summed E-state index contributed by atoms with van der Waals surface area (Å²) in [5.41, 5.74) is 3.33. The Labute approximate surface area is 88.1 Å². The lowest BCUT2D eigenvalue weighted by molar-refractivity contribution is 0.431. The fourth-order valence-corrected chi connectivity index (χ4v) is 1.97. The third kappa shape index (κ3) is 1.40. The lowest BCUT2D eigenvalue weighted by Crippen LogP contribution is -2.09. The summed E-state index contributed by atoms with van der Waals surface area (Å²) in [5, 5.41) is 7.35. The number of rotatable bonds is 1. The van der Waals surface area contributed by atoms with E-state index in [9.17, 15) is 0 Å². The second-order valence-corrected chi connectivity index (χ2v) is 3.74. The average molecular weight is 200 g/mol. The Morgan fingerprint density at radius 2 is 2.07 bits per heavy atom. The number of nitrogens with zero attached hydrogens (tertiary/aromatic N) is 1. The predicted molar refractivity (Wildman–Crippen MR) is 58.7 cm³/mol. The van der Waals surface area contributed by atoms with Crippen molar-refractivity contribution >= 4 is 5.88 Å². The van der Waals surface area contributed by atoms with Gasteiger partial charge in [-0.3, -0.25) is 0 Å². The maximum atomic E-state index is 5.28. The quantitative estimate of drug-likeness (QED) is 0.769. The molecule has 2 aromatic rings. The first-order valence-electron chi connectivity index (χ1n) is 5.23. The summed E-state index contributed by atoms with van der Waals surface area (Å²) in [6.07, 6.45) is 2.20. The molecule has 0 atom stereocenters. The molecule has 1 aliphatic heterocycles. The van der Waals surface area contributed by atoms with Gasteiger partial charge in [0.2, 0.25) is 5.88 Å². The lowest BCUT2D eigenvalue weighted by atomic mass is 10.0. The molecule has 0 unspecified atom stereocenters. The first-order chi connectivity index (χ1) is 7.45. The second-order valence-electron chi connectivity index (χ2n) is 3.74. The molecule has 0 saturated heterocycles. The maximum absolute atomic E-state index is 5.28. The largest absolute Gasteiger partial charge is 0.354 e. The number of hydrogen-bond acceptors (Lipinski definition) is 3. The molecule has 2 heterocycles. The Morgan fingerprint density at radius 3 is 2.93 bits per heavy atom. The van der Waals surface area contributed by atoms with Gasteiger partial charge in [0.25, 0.3) is 0 Å². The standard InChI is InChI=1S/C12H12N2O/c1-2-5-9(6-3-1)11-10-7-4-8-13-12(10)15-14-11/h1-3,5-6,13H,4,7-8H2. The topological polar surface area (TPSA) is 38.1 Å². The molecule has 1 aromatic heterocycles. The Morgan fingerprint density at radius 1 is 1.20 bits per heavy atom. The highest BCUT2D eigenvalue weighted by Crippen LogP contribution is 2.31. The molecule has 3 nitrogen and oxygen atoms in total. The molecule has 0 amide bonds. The molecule has 0 radical (unpaired) electrons. The van der Waals surface area contributed by atoms with Crippen LogP contribution in [0.2, 0.25) is 0 Å². The van der Waals surface area contributed by atoms with Crippen LogP contribution in [-0.2, 0) is 6.42 Å². The highest BCUT2D eigenvalue weighted by Gasteiger charge is 2.19. The van der Waals surface area contributed by atoms with E-state index >= 15 is 0 Å². The van der Waals surface area contributed by atoms with Gasteiger partial charge in [-0.25, -0.2) is 0 Å². The van der Waals surface area contributed by atoms with Gasteiger partial charge >= 0.3 is 0 Å². The van der Waals surface area contributed by atoms with Crippen LogP contribution in [0.4, 0.5) is 5.88 Å². The highest BCUT2D eigenvalue weighted by atomic mass is 16.5. The Hall–Kier alpha value is -1.77. The summed E-state index contributed by atoms with van der Waals surface area (Å²) in [7, 11) is 0. The number of aromatic nitrogens is 1. The van der Waals surface area contributed by atoms with Gasteiger partial charge in [-0.2, -0.15) is 0 Å².